The minimum absolute atomic E-state index is 0.0330. The first-order chi connectivity index (χ1) is 13.1. The quantitative estimate of drug-likeness (QED) is 0.644. The van der Waals surface area contributed by atoms with Crippen molar-refractivity contribution in [1.29, 1.82) is 5.26 Å². The second kappa shape index (κ2) is 10.9. The molecule has 0 heterocycles. The van der Waals surface area contributed by atoms with Crippen LogP contribution in [0.4, 0.5) is 0 Å². The molecular formula is C22H26N2O3. The van der Waals surface area contributed by atoms with Crippen LogP contribution >= 0.6 is 0 Å². The largest absolute Gasteiger partial charge is 0.493 e. The van der Waals surface area contributed by atoms with Crippen LogP contribution in [0.2, 0.25) is 0 Å². The third-order valence-corrected chi connectivity index (χ3v) is 4.37. The van der Waals surface area contributed by atoms with Crippen LogP contribution in [0.15, 0.2) is 48.5 Å². The number of rotatable bonds is 10. The van der Waals surface area contributed by atoms with Crippen molar-refractivity contribution in [1.82, 2.24) is 5.32 Å². The SMILES string of the molecule is COc1cc(C#N)ccc1OCCCC(=O)NCCC(C)c1ccccc1. The van der Waals surface area contributed by atoms with Crippen LogP contribution in [0.25, 0.3) is 0 Å². The number of amides is 1. The summed E-state index contributed by atoms with van der Waals surface area (Å²) >= 11 is 0. The Balaban J connectivity index is 1.64. The van der Waals surface area contributed by atoms with E-state index in [0.717, 1.165) is 6.42 Å². The summed E-state index contributed by atoms with van der Waals surface area (Å²) in [5.74, 6) is 1.55. The highest BCUT2D eigenvalue weighted by atomic mass is 16.5. The van der Waals surface area contributed by atoms with Gasteiger partial charge in [0.15, 0.2) is 11.5 Å². The fraction of sp³-hybridized carbons (Fsp3) is 0.364. The van der Waals surface area contributed by atoms with E-state index in [1.54, 1.807) is 18.2 Å². The third kappa shape index (κ3) is 6.67. The fourth-order valence-electron chi connectivity index (χ4n) is 2.74. The summed E-state index contributed by atoms with van der Waals surface area (Å²) in [5.41, 5.74) is 1.81. The van der Waals surface area contributed by atoms with Crippen LogP contribution in [0, 0.1) is 11.3 Å². The van der Waals surface area contributed by atoms with Gasteiger partial charge in [-0.2, -0.15) is 5.26 Å². The molecule has 0 radical (unpaired) electrons. The summed E-state index contributed by atoms with van der Waals surface area (Å²) in [4.78, 5) is 12.0. The average molecular weight is 366 g/mol. The van der Waals surface area contributed by atoms with E-state index in [1.807, 2.05) is 18.2 Å². The predicted octanol–water partition coefficient (Wildman–Crippen LogP) is 4.04. The van der Waals surface area contributed by atoms with Gasteiger partial charge >= 0.3 is 0 Å². The highest BCUT2D eigenvalue weighted by Crippen LogP contribution is 2.27. The number of nitrogens with one attached hydrogen (secondary N) is 1. The zero-order chi connectivity index (χ0) is 19.5. The highest BCUT2D eigenvalue weighted by molar-refractivity contribution is 5.75. The van der Waals surface area contributed by atoms with E-state index in [0.29, 0.717) is 49.0 Å². The first-order valence-corrected chi connectivity index (χ1v) is 9.16. The molecule has 0 saturated carbocycles. The van der Waals surface area contributed by atoms with Crippen molar-refractivity contribution in [2.45, 2.75) is 32.1 Å². The molecular weight excluding hydrogens is 340 g/mol. The van der Waals surface area contributed by atoms with E-state index in [4.69, 9.17) is 14.7 Å². The van der Waals surface area contributed by atoms with Crippen LogP contribution in [0.5, 0.6) is 11.5 Å². The van der Waals surface area contributed by atoms with Gasteiger partial charge in [0, 0.05) is 19.0 Å². The molecule has 0 aliphatic rings. The molecule has 0 spiro atoms. The molecule has 0 aliphatic carbocycles. The predicted molar refractivity (Wildman–Crippen MR) is 105 cm³/mol. The summed E-state index contributed by atoms with van der Waals surface area (Å²) in [6, 6.07) is 17.4. The molecule has 2 rings (SSSR count). The Hall–Kier alpha value is -3.00. The van der Waals surface area contributed by atoms with Crippen LogP contribution in [0.3, 0.4) is 0 Å². The van der Waals surface area contributed by atoms with Gasteiger partial charge in [-0.15, -0.1) is 0 Å². The van der Waals surface area contributed by atoms with Gasteiger partial charge in [0.2, 0.25) is 5.91 Å². The lowest BCUT2D eigenvalue weighted by molar-refractivity contribution is -0.121. The number of ether oxygens (including phenoxy) is 2. The lowest BCUT2D eigenvalue weighted by atomic mass is 9.98. The second-order valence-electron chi connectivity index (χ2n) is 6.38. The number of benzene rings is 2. The van der Waals surface area contributed by atoms with E-state index in [-0.39, 0.29) is 5.91 Å². The van der Waals surface area contributed by atoms with Gasteiger partial charge in [0.05, 0.1) is 25.3 Å². The molecule has 0 bridgehead atoms. The Kier molecular flexibility index (Phi) is 8.18. The monoisotopic (exact) mass is 366 g/mol. The molecule has 1 amide bonds. The van der Waals surface area contributed by atoms with Gasteiger partial charge in [-0.1, -0.05) is 37.3 Å². The highest BCUT2D eigenvalue weighted by Gasteiger charge is 2.08. The van der Waals surface area contributed by atoms with Gasteiger partial charge in [-0.05, 0) is 36.5 Å². The average Bonchev–Trinajstić information content (AvgIpc) is 2.71. The Morgan fingerprint density at radius 2 is 1.96 bits per heavy atom. The smallest absolute Gasteiger partial charge is 0.220 e. The fourth-order valence-corrected chi connectivity index (χ4v) is 2.74. The lowest BCUT2D eigenvalue weighted by Gasteiger charge is -2.13. The number of methoxy groups -OCH3 is 1. The molecule has 0 fully saturated rings. The van der Waals surface area contributed by atoms with Crippen LogP contribution in [-0.2, 0) is 4.79 Å². The van der Waals surface area contributed by atoms with Crippen LogP contribution in [0.1, 0.15) is 43.2 Å². The number of carbonyl (C=O) groups excluding carboxylic acids is 1. The van der Waals surface area contributed by atoms with Gasteiger partial charge in [0.25, 0.3) is 0 Å². The van der Waals surface area contributed by atoms with Crippen molar-refractivity contribution in [3.63, 3.8) is 0 Å². The van der Waals surface area contributed by atoms with E-state index in [1.165, 1.54) is 12.7 Å². The van der Waals surface area contributed by atoms with E-state index >= 15 is 0 Å². The molecule has 27 heavy (non-hydrogen) atoms. The van der Waals surface area contributed by atoms with Gasteiger partial charge in [-0.25, -0.2) is 0 Å². The number of hydrogen-bond acceptors (Lipinski definition) is 4. The molecule has 5 heteroatoms. The molecule has 2 aromatic carbocycles. The van der Waals surface area contributed by atoms with Gasteiger partial charge in [0.1, 0.15) is 0 Å². The third-order valence-electron chi connectivity index (χ3n) is 4.37. The minimum Gasteiger partial charge on any atom is -0.493 e. The van der Waals surface area contributed by atoms with Crippen molar-refractivity contribution < 1.29 is 14.3 Å². The van der Waals surface area contributed by atoms with Crippen LogP contribution in [-0.4, -0.2) is 26.2 Å². The first kappa shape index (κ1) is 20.3. The second-order valence-corrected chi connectivity index (χ2v) is 6.38. The van der Waals surface area contributed by atoms with Crippen molar-refractivity contribution in [3.05, 3.63) is 59.7 Å². The maximum atomic E-state index is 12.0. The summed E-state index contributed by atoms with van der Waals surface area (Å²) in [7, 11) is 1.53. The van der Waals surface area contributed by atoms with E-state index < -0.39 is 0 Å². The topological polar surface area (TPSA) is 71.3 Å². The van der Waals surface area contributed by atoms with Crippen molar-refractivity contribution in [2.24, 2.45) is 0 Å². The number of hydrogen-bond donors (Lipinski definition) is 1. The number of nitrogens with zero attached hydrogens (tertiary/aromatic N) is 1. The normalized spacial score (nSPS) is 11.3. The Labute approximate surface area is 160 Å². The van der Waals surface area contributed by atoms with Crippen molar-refractivity contribution in [3.8, 4) is 17.6 Å². The standard InChI is InChI=1S/C22H26N2O3/c1-17(19-7-4-3-5-8-19)12-13-24-22(25)9-6-14-27-20-11-10-18(16-23)15-21(20)26-2/h3-5,7-8,10-11,15,17H,6,9,12-14H2,1-2H3,(H,24,25). The molecule has 0 aromatic heterocycles. The van der Waals surface area contributed by atoms with E-state index in [2.05, 4.69) is 30.4 Å². The first-order valence-electron chi connectivity index (χ1n) is 9.16. The number of carbonyl (C=O) groups is 1. The molecule has 5 nitrogen and oxygen atoms in total. The Morgan fingerprint density at radius 1 is 1.19 bits per heavy atom. The summed E-state index contributed by atoms with van der Waals surface area (Å²) in [5, 5.41) is 11.9. The summed E-state index contributed by atoms with van der Waals surface area (Å²) < 4.78 is 10.9. The molecule has 2 aromatic rings. The van der Waals surface area contributed by atoms with Crippen molar-refractivity contribution >= 4 is 5.91 Å². The zero-order valence-electron chi connectivity index (χ0n) is 15.9. The maximum absolute atomic E-state index is 12.0. The molecule has 142 valence electrons. The molecule has 1 atom stereocenters. The lowest BCUT2D eigenvalue weighted by Crippen LogP contribution is -2.25. The van der Waals surface area contributed by atoms with Gasteiger partial charge in [-0.3, -0.25) is 4.79 Å². The minimum atomic E-state index is 0.0330. The summed E-state index contributed by atoms with van der Waals surface area (Å²) in [6.45, 7) is 3.25. The number of nitriles is 1. The molecule has 0 aliphatic heterocycles. The molecule has 1 N–H and O–H groups in total. The molecule has 1 unspecified atom stereocenters. The zero-order valence-corrected chi connectivity index (χ0v) is 15.9. The van der Waals surface area contributed by atoms with Crippen LogP contribution < -0.4 is 14.8 Å². The molecule has 0 saturated heterocycles. The van der Waals surface area contributed by atoms with E-state index in [9.17, 15) is 4.79 Å². The van der Waals surface area contributed by atoms with Gasteiger partial charge < -0.3 is 14.8 Å². The Bertz CT molecular complexity index is 769. The maximum Gasteiger partial charge on any atom is 0.220 e. The van der Waals surface area contributed by atoms with Crippen molar-refractivity contribution in [2.75, 3.05) is 20.3 Å². The summed E-state index contributed by atoms with van der Waals surface area (Å²) in [6.07, 6.45) is 1.94. The Morgan fingerprint density at radius 3 is 2.67 bits per heavy atom.